The first-order valence-corrected chi connectivity index (χ1v) is 3.45. The third-order valence-corrected chi connectivity index (χ3v) is 1.19. The molecule has 0 saturated carbocycles. The minimum absolute atomic E-state index is 0.491. The van der Waals surface area contributed by atoms with Crippen LogP contribution in [-0.4, -0.2) is 22.1 Å². The van der Waals surface area contributed by atoms with E-state index in [1.54, 1.807) is 0 Å². The molecule has 0 N–H and O–H groups in total. The summed E-state index contributed by atoms with van der Waals surface area (Å²) < 4.78 is 39.1. The Balaban J connectivity index is 2.92. The Hall–Kier alpha value is -2.17. The summed E-state index contributed by atoms with van der Waals surface area (Å²) in [5.74, 6) is -3.21. The molecule has 0 aromatic carbocycles. The number of rotatable bonds is 1. The van der Waals surface area contributed by atoms with E-state index in [0.717, 1.165) is 12.4 Å². The van der Waals surface area contributed by atoms with Crippen LogP contribution >= 0.6 is 0 Å². The van der Waals surface area contributed by atoms with Gasteiger partial charge in [0.05, 0.1) is 0 Å². The first-order chi connectivity index (χ1) is 6.95. The lowest BCUT2D eigenvalue weighted by Gasteiger charge is -2.05. The summed E-state index contributed by atoms with van der Waals surface area (Å²) >= 11 is 0. The first-order valence-electron chi connectivity index (χ1n) is 3.45. The van der Waals surface area contributed by atoms with Crippen molar-refractivity contribution in [3.63, 3.8) is 0 Å². The van der Waals surface area contributed by atoms with Gasteiger partial charge >= 0.3 is 12.1 Å². The molecule has 0 spiro atoms. The van der Waals surface area contributed by atoms with Crippen LogP contribution in [-0.2, 0) is 4.79 Å². The van der Waals surface area contributed by atoms with E-state index in [1.807, 2.05) is 0 Å². The number of hydrogen-bond acceptors (Lipinski definition) is 5. The van der Waals surface area contributed by atoms with E-state index >= 15 is 0 Å². The Morgan fingerprint density at radius 1 is 1.40 bits per heavy atom. The van der Waals surface area contributed by atoms with Gasteiger partial charge in [0.25, 0.3) is 5.88 Å². The number of halogens is 3. The summed E-state index contributed by atoms with van der Waals surface area (Å²) in [5.41, 5.74) is -0.491. The van der Waals surface area contributed by atoms with Gasteiger partial charge in [0.15, 0.2) is 0 Å². The molecule has 8 heteroatoms. The van der Waals surface area contributed by atoms with Crippen LogP contribution in [0.4, 0.5) is 13.2 Å². The molecule has 1 heterocycles. The fraction of sp³-hybridized carbons (Fsp3) is 0.143. The van der Waals surface area contributed by atoms with Gasteiger partial charge in [-0.05, 0) is 0 Å². The molecule has 0 aliphatic rings. The molecule has 1 aromatic rings. The normalized spacial score (nSPS) is 10.5. The monoisotopic (exact) mass is 217 g/mol. The largest absolute Gasteiger partial charge is 0.491 e. The van der Waals surface area contributed by atoms with Crippen LogP contribution in [0.2, 0.25) is 0 Å². The van der Waals surface area contributed by atoms with Crippen molar-refractivity contribution in [3.05, 3.63) is 18.1 Å². The fourth-order valence-corrected chi connectivity index (χ4v) is 0.622. The molecule has 0 amide bonds. The van der Waals surface area contributed by atoms with Crippen molar-refractivity contribution >= 4 is 5.97 Å². The van der Waals surface area contributed by atoms with Crippen LogP contribution in [0.3, 0.4) is 0 Å². The highest BCUT2D eigenvalue weighted by molar-refractivity contribution is 5.78. The van der Waals surface area contributed by atoms with E-state index in [9.17, 15) is 18.0 Å². The van der Waals surface area contributed by atoms with Crippen LogP contribution in [0.25, 0.3) is 0 Å². The number of carbonyl (C=O) groups is 1. The van der Waals surface area contributed by atoms with Crippen molar-refractivity contribution in [2.75, 3.05) is 0 Å². The molecule has 0 radical (unpaired) electrons. The van der Waals surface area contributed by atoms with Crippen molar-refractivity contribution < 1.29 is 22.7 Å². The van der Waals surface area contributed by atoms with Crippen LogP contribution in [0, 0.1) is 11.3 Å². The van der Waals surface area contributed by atoms with E-state index in [0.29, 0.717) is 0 Å². The van der Waals surface area contributed by atoms with E-state index in [4.69, 9.17) is 5.26 Å². The second kappa shape index (κ2) is 3.91. The quantitative estimate of drug-likeness (QED) is 0.650. The maximum Gasteiger partial charge on any atom is 0.491 e. The number of nitriles is 1. The van der Waals surface area contributed by atoms with Gasteiger partial charge in [0, 0.05) is 12.4 Å². The molecule has 0 aliphatic carbocycles. The highest BCUT2D eigenvalue weighted by Gasteiger charge is 2.42. The van der Waals surface area contributed by atoms with Crippen molar-refractivity contribution in [1.82, 2.24) is 9.97 Å². The number of esters is 1. The number of alkyl halides is 3. The molecule has 78 valence electrons. The molecule has 1 rings (SSSR count). The van der Waals surface area contributed by atoms with E-state index in [-0.39, 0.29) is 0 Å². The highest BCUT2D eigenvalue weighted by atomic mass is 19.4. The molecule has 15 heavy (non-hydrogen) atoms. The molecule has 0 atom stereocenters. The minimum Gasteiger partial charge on any atom is -0.398 e. The Morgan fingerprint density at radius 2 is 2.00 bits per heavy atom. The number of ether oxygens (including phenoxy) is 1. The van der Waals surface area contributed by atoms with Gasteiger partial charge in [0.1, 0.15) is 6.07 Å². The summed E-state index contributed by atoms with van der Waals surface area (Å²) in [6.07, 6.45) is -3.05. The van der Waals surface area contributed by atoms with Crippen molar-refractivity contribution in [1.29, 1.82) is 5.26 Å². The molecule has 0 aliphatic heterocycles. The van der Waals surface area contributed by atoms with Gasteiger partial charge in [-0.3, -0.25) is 0 Å². The number of hydrogen-bond donors (Lipinski definition) is 0. The van der Waals surface area contributed by atoms with Crippen molar-refractivity contribution in [3.8, 4) is 11.9 Å². The maximum atomic E-state index is 11.8. The summed E-state index contributed by atoms with van der Waals surface area (Å²) in [7, 11) is 0. The predicted octanol–water partition coefficient (Wildman–Crippen LogP) is 0.816. The second-order valence-electron chi connectivity index (χ2n) is 2.21. The van der Waals surface area contributed by atoms with E-state index in [1.165, 1.54) is 6.07 Å². The lowest BCUT2D eigenvalue weighted by atomic mass is 10.5. The zero-order valence-electron chi connectivity index (χ0n) is 6.95. The van der Waals surface area contributed by atoms with E-state index < -0.39 is 23.7 Å². The van der Waals surface area contributed by atoms with E-state index in [2.05, 4.69) is 14.7 Å². The third kappa shape index (κ3) is 2.63. The number of nitrogens with zero attached hydrogens (tertiary/aromatic N) is 3. The average molecular weight is 217 g/mol. The van der Waals surface area contributed by atoms with Crippen LogP contribution in [0.5, 0.6) is 5.88 Å². The van der Waals surface area contributed by atoms with Crippen LogP contribution in [0.15, 0.2) is 12.4 Å². The number of aromatic nitrogens is 2. The molecule has 1 aromatic heterocycles. The summed E-state index contributed by atoms with van der Waals surface area (Å²) in [4.78, 5) is 17.0. The van der Waals surface area contributed by atoms with Crippen LogP contribution < -0.4 is 4.74 Å². The zero-order valence-corrected chi connectivity index (χ0v) is 6.95. The summed E-state index contributed by atoms with van der Waals surface area (Å²) in [6, 6.07) is 1.43. The van der Waals surface area contributed by atoms with Crippen molar-refractivity contribution in [2.45, 2.75) is 6.18 Å². The fourth-order valence-electron chi connectivity index (χ4n) is 0.622. The molecular formula is C7H2F3N3O2. The van der Waals surface area contributed by atoms with Gasteiger partial charge in [-0.15, -0.1) is 0 Å². The van der Waals surface area contributed by atoms with Gasteiger partial charge in [-0.1, -0.05) is 0 Å². The molecule has 0 bridgehead atoms. The second-order valence-corrected chi connectivity index (χ2v) is 2.21. The third-order valence-electron chi connectivity index (χ3n) is 1.19. The topological polar surface area (TPSA) is 75.9 Å². The van der Waals surface area contributed by atoms with Gasteiger partial charge in [-0.2, -0.15) is 18.4 Å². The number of carbonyl (C=O) groups excluding carboxylic acids is 1. The van der Waals surface area contributed by atoms with Crippen molar-refractivity contribution in [2.24, 2.45) is 0 Å². The SMILES string of the molecule is N#Cc1nccnc1OC(=O)C(F)(F)F. The molecule has 0 unspecified atom stereocenters. The van der Waals surface area contributed by atoms with Gasteiger partial charge in [-0.25, -0.2) is 14.8 Å². The minimum atomic E-state index is -5.13. The molecule has 5 nitrogen and oxygen atoms in total. The Bertz CT molecular complexity index is 424. The summed E-state index contributed by atoms with van der Waals surface area (Å²) in [6.45, 7) is 0. The predicted molar refractivity (Wildman–Crippen MR) is 38.4 cm³/mol. The van der Waals surface area contributed by atoms with Gasteiger partial charge < -0.3 is 4.74 Å². The smallest absolute Gasteiger partial charge is 0.398 e. The highest BCUT2D eigenvalue weighted by Crippen LogP contribution is 2.19. The first kappa shape index (κ1) is 10.9. The standard InChI is InChI=1S/C7H2F3N3O2/c8-7(9,10)6(14)15-5-4(3-11)12-1-2-13-5/h1-2H. The summed E-state index contributed by atoms with van der Waals surface area (Å²) in [5, 5.41) is 8.41. The van der Waals surface area contributed by atoms with Gasteiger partial charge in [0.2, 0.25) is 5.69 Å². The molecule has 0 saturated heterocycles. The van der Waals surface area contributed by atoms with Crippen LogP contribution in [0.1, 0.15) is 5.69 Å². The lowest BCUT2D eigenvalue weighted by molar-refractivity contribution is -0.190. The average Bonchev–Trinajstić information content (AvgIpc) is 2.17. The Labute approximate surface area is 81.1 Å². The molecular weight excluding hydrogens is 215 g/mol. The zero-order chi connectivity index (χ0) is 11.5. The molecule has 0 fully saturated rings. The Kier molecular flexibility index (Phi) is 2.85. The maximum absolute atomic E-state index is 11.8. The lowest BCUT2D eigenvalue weighted by Crippen LogP contribution is -2.28. The Morgan fingerprint density at radius 3 is 2.53 bits per heavy atom.